The molecule has 0 atom stereocenters. The highest BCUT2D eigenvalue weighted by Gasteiger charge is 2.35. The molecule has 0 bridgehead atoms. The highest BCUT2D eigenvalue weighted by molar-refractivity contribution is 14.1. The number of imide groups is 1. The van der Waals surface area contributed by atoms with Crippen LogP contribution in [0.4, 0.5) is 4.79 Å². The van der Waals surface area contributed by atoms with Crippen LogP contribution in [0, 0.1) is 3.57 Å². The van der Waals surface area contributed by atoms with E-state index in [0.717, 1.165) is 42.9 Å². The third-order valence-electron chi connectivity index (χ3n) is 5.62. The second-order valence-corrected chi connectivity index (χ2v) is 10.9. The first-order chi connectivity index (χ1) is 16.4. The Labute approximate surface area is 224 Å². The van der Waals surface area contributed by atoms with Crippen LogP contribution in [-0.2, 0) is 17.9 Å². The van der Waals surface area contributed by atoms with Crippen LogP contribution < -0.4 is 0 Å². The number of hydrogen-bond donors (Lipinski definition) is 0. The van der Waals surface area contributed by atoms with Crippen molar-refractivity contribution in [1.82, 2.24) is 9.47 Å². The van der Waals surface area contributed by atoms with Gasteiger partial charge in [0.2, 0.25) is 0 Å². The first-order valence-electron chi connectivity index (χ1n) is 10.4. The lowest BCUT2D eigenvalue weighted by Gasteiger charge is -2.12. The third-order valence-corrected chi connectivity index (χ3v) is 7.96. The van der Waals surface area contributed by atoms with E-state index in [4.69, 9.17) is 23.2 Å². The first-order valence-corrected chi connectivity index (χ1v) is 13.1. The number of carbonyl (C=O) groups excluding carboxylic acids is 2. The van der Waals surface area contributed by atoms with Gasteiger partial charge in [-0.05, 0) is 76.3 Å². The van der Waals surface area contributed by atoms with Gasteiger partial charge in [0.05, 0.1) is 18.0 Å². The molecule has 1 aliphatic rings. The van der Waals surface area contributed by atoms with Crippen LogP contribution in [0.3, 0.4) is 0 Å². The number of rotatable bonds is 5. The van der Waals surface area contributed by atoms with Gasteiger partial charge in [0.15, 0.2) is 0 Å². The standard InChI is InChI=1S/C26H17Cl2IN2O2S/c27-21-5-3-6-22(28)20(21)15-30-14-17(19-4-1-2-7-23(19)30)12-24-25(32)31(26(33)34-24)13-16-8-10-18(29)11-9-16/h1-12,14H,13,15H2/b24-12-. The van der Waals surface area contributed by atoms with Crippen LogP contribution in [-0.4, -0.2) is 20.6 Å². The zero-order chi connectivity index (χ0) is 23.8. The number of thioether (sulfide) groups is 1. The van der Waals surface area contributed by atoms with Crippen LogP contribution >= 0.6 is 57.6 Å². The van der Waals surface area contributed by atoms with Crippen molar-refractivity contribution in [3.63, 3.8) is 0 Å². The number of nitrogens with zero attached hydrogens (tertiary/aromatic N) is 2. The average molecular weight is 619 g/mol. The second-order valence-electron chi connectivity index (χ2n) is 7.82. The Kier molecular flexibility index (Phi) is 6.75. The lowest BCUT2D eigenvalue weighted by atomic mass is 10.1. The second kappa shape index (κ2) is 9.77. The molecule has 1 fully saturated rings. The van der Waals surface area contributed by atoms with Crippen LogP contribution in [0.2, 0.25) is 10.0 Å². The van der Waals surface area contributed by atoms with Crippen molar-refractivity contribution in [3.8, 4) is 0 Å². The zero-order valence-electron chi connectivity index (χ0n) is 17.7. The fraction of sp³-hybridized carbons (Fsp3) is 0.0769. The molecule has 34 heavy (non-hydrogen) atoms. The SMILES string of the molecule is O=C1S/C(=C\c2cn(Cc3c(Cl)cccc3Cl)c3ccccc23)C(=O)N1Cc1ccc(I)cc1. The summed E-state index contributed by atoms with van der Waals surface area (Å²) >= 11 is 16.0. The predicted molar refractivity (Wildman–Crippen MR) is 148 cm³/mol. The zero-order valence-corrected chi connectivity index (χ0v) is 22.2. The summed E-state index contributed by atoms with van der Waals surface area (Å²) in [6.45, 7) is 0.743. The van der Waals surface area contributed by atoms with Crippen molar-refractivity contribution in [2.24, 2.45) is 0 Å². The van der Waals surface area contributed by atoms with E-state index < -0.39 is 0 Å². The molecule has 2 heterocycles. The first kappa shape index (κ1) is 23.5. The summed E-state index contributed by atoms with van der Waals surface area (Å²) in [6.07, 6.45) is 3.77. The van der Waals surface area contributed by atoms with Crippen LogP contribution in [0.5, 0.6) is 0 Å². The maximum Gasteiger partial charge on any atom is 0.293 e. The summed E-state index contributed by atoms with van der Waals surface area (Å²) < 4.78 is 3.16. The van der Waals surface area contributed by atoms with E-state index in [0.29, 0.717) is 21.5 Å². The molecule has 0 saturated carbocycles. The molecule has 1 aromatic heterocycles. The number of amides is 2. The van der Waals surface area contributed by atoms with Crippen LogP contribution in [0.25, 0.3) is 17.0 Å². The summed E-state index contributed by atoms with van der Waals surface area (Å²) in [5.41, 5.74) is 3.59. The summed E-state index contributed by atoms with van der Waals surface area (Å²) in [6, 6.07) is 21.2. The lowest BCUT2D eigenvalue weighted by Crippen LogP contribution is -2.27. The van der Waals surface area contributed by atoms with Crippen molar-refractivity contribution in [2.75, 3.05) is 0 Å². The fourth-order valence-electron chi connectivity index (χ4n) is 3.92. The van der Waals surface area contributed by atoms with E-state index in [1.165, 1.54) is 4.90 Å². The molecule has 2 amide bonds. The van der Waals surface area contributed by atoms with E-state index in [1.54, 1.807) is 6.08 Å². The lowest BCUT2D eigenvalue weighted by molar-refractivity contribution is -0.123. The van der Waals surface area contributed by atoms with Crippen molar-refractivity contribution < 1.29 is 9.59 Å². The highest BCUT2D eigenvalue weighted by Crippen LogP contribution is 2.35. The van der Waals surface area contributed by atoms with E-state index in [2.05, 4.69) is 27.2 Å². The molecule has 4 nitrogen and oxygen atoms in total. The molecule has 170 valence electrons. The molecule has 5 rings (SSSR count). The monoisotopic (exact) mass is 618 g/mol. The summed E-state index contributed by atoms with van der Waals surface area (Å²) in [5.74, 6) is -0.278. The number of hydrogen-bond acceptors (Lipinski definition) is 3. The van der Waals surface area contributed by atoms with Gasteiger partial charge in [0, 0.05) is 41.8 Å². The molecular weight excluding hydrogens is 602 g/mol. The number of halogens is 3. The molecule has 0 radical (unpaired) electrons. The molecule has 3 aromatic carbocycles. The van der Waals surface area contributed by atoms with Gasteiger partial charge in [0.1, 0.15) is 0 Å². The van der Waals surface area contributed by atoms with Crippen LogP contribution in [0.1, 0.15) is 16.7 Å². The number of carbonyl (C=O) groups is 2. The average Bonchev–Trinajstić information content (AvgIpc) is 3.30. The Balaban J connectivity index is 1.48. The molecule has 0 aliphatic carbocycles. The Morgan fingerprint density at radius 2 is 1.59 bits per heavy atom. The Hall–Kier alpha value is -2.26. The van der Waals surface area contributed by atoms with Crippen molar-refractivity contribution in [2.45, 2.75) is 13.1 Å². The molecule has 0 spiro atoms. The Morgan fingerprint density at radius 1 is 0.882 bits per heavy atom. The van der Waals surface area contributed by atoms with Gasteiger partial charge < -0.3 is 4.57 Å². The molecular formula is C26H17Cl2IN2O2S. The molecule has 0 unspecified atom stereocenters. The topological polar surface area (TPSA) is 42.3 Å². The minimum absolute atomic E-state index is 0.256. The summed E-state index contributed by atoms with van der Waals surface area (Å²) in [4.78, 5) is 27.4. The van der Waals surface area contributed by atoms with Gasteiger partial charge in [0.25, 0.3) is 11.1 Å². The normalized spacial score (nSPS) is 15.1. The summed E-state index contributed by atoms with van der Waals surface area (Å²) in [5, 5.41) is 1.92. The number of fused-ring (bicyclic) bond motifs is 1. The van der Waals surface area contributed by atoms with Crippen molar-refractivity contribution in [1.29, 1.82) is 0 Å². The van der Waals surface area contributed by atoms with Gasteiger partial charge in [-0.25, -0.2) is 0 Å². The largest absolute Gasteiger partial charge is 0.342 e. The van der Waals surface area contributed by atoms with Crippen LogP contribution in [0.15, 0.2) is 77.8 Å². The fourth-order valence-corrected chi connectivity index (χ4v) is 5.63. The minimum Gasteiger partial charge on any atom is -0.342 e. The van der Waals surface area contributed by atoms with Gasteiger partial charge in [-0.15, -0.1) is 0 Å². The maximum absolute atomic E-state index is 13.1. The van der Waals surface area contributed by atoms with Gasteiger partial charge in [-0.2, -0.15) is 0 Å². The van der Waals surface area contributed by atoms with E-state index in [-0.39, 0.29) is 17.7 Å². The van der Waals surface area contributed by atoms with Gasteiger partial charge >= 0.3 is 0 Å². The number of aromatic nitrogens is 1. The third kappa shape index (κ3) is 4.64. The van der Waals surface area contributed by atoms with E-state index in [9.17, 15) is 9.59 Å². The van der Waals surface area contributed by atoms with E-state index >= 15 is 0 Å². The molecule has 1 aliphatic heterocycles. The molecule has 4 aromatic rings. The highest BCUT2D eigenvalue weighted by atomic mass is 127. The minimum atomic E-state index is -0.278. The van der Waals surface area contributed by atoms with Gasteiger partial charge in [-0.1, -0.05) is 59.6 Å². The summed E-state index contributed by atoms with van der Waals surface area (Å²) in [7, 11) is 0. The molecule has 1 saturated heterocycles. The predicted octanol–water partition coefficient (Wildman–Crippen LogP) is 7.84. The van der Waals surface area contributed by atoms with Crippen molar-refractivity contribution >= 4 is 85.7 Å². The molecule has 0 N–H and O–H groups in total. The number of para-hydroxylation sites is 1. The van der Waals surface area contributed by atoms with Crippen molar-refractivity contribution in [3.05, 3.63) is 108 Å². The Morgan fingerprint density at radius 3 is 2.32 bits per heavy atom. The smallest absolute Gasteiger partial charge is 0.293 e. The van der Waals surface area contributed by atoms with E-state index in [1.807, 2.05) is 72.9 Å². The Bertz CT molecular complexity index is 1440. The quantitative estimate of drug-likeness (QED) is 0.169. The van der Waals surface area contributed by atoms with Gasteiger partial charge in [-0.3, -0.25) is 14.5 Å². The number of benzene rings is 3. The molecule has 8 heteroatoms. The maximum atomic E-state index is 13.1.